The molecular formula is C13H18ClNO. The van der Waals surface area contributed by atoms with Gasteiger partial charge in [0, 0.05) is 24.2 Å². The van der Waals surface area contributed by atoms with Crippen LogP contribution in [0.15, 0.2) is 24.3 Å². The maximum Gasteiger partial charge on any atom is 0.0604 e. The van der Waals surface area contributed by atoms with Crippen molar-refractivity contribution in [2.24, 2.45) is 0 Å². The van der Waals surface area contributed by atoms with Crippen LogP contribution in [0.2, 0.25) is 5.02 Å². The van der Waals surface area contributed by atoms with Crippen LogP contribution in [-0.2, 0) is 11.3 Å². The van der Waals surface area contributed by atoms with E-state index in [9.17, 15) is 0 Å². The zero-order valence-corrected chi connectivity index (χ0v) is 10.3. The SMILES string of the molecule is CCOC1CC(NCc2ccc(Cl)cc2)C1. The van der Waals surface area contributed by atoms with Gasteiger partial charge in [-0.1, -0.05) is 23.7 Å². The van der Waals surface area contributed by atoms with E-state index in [1.54, 1.807) is 0 Å². The molecule has 1 N–H and O–H groups in total. The average Bonchev–Trinajstić information content (AvgIpc) is 2.24. The Labute approximate surface area is 102 Å². The summed E-state index contributed by atoms with van der Waals surface area (Å²) in [7, 11) is 0. The van der Waals surface area contributed by atoms with Crippen molar-refractivity contribution < 1.29 is 4.74 Å². The summed E-state index contributed by atoms with van der Waals surface area (Å²) < 4.78 is 5.52. The maximum atomic E-state index is 5.83. The van der Waals surface area contributed by atoms with Gasteiger partial charge < -0.3 is 10.1 Å². The van der Waals surface area contributed by atoms with Gasteiger partial charge in [0.25, 0.3) is 0 Å². The monoisotopic (exact) mass is 239 g/mol. The minimum absolute atomic E-state index is 0.479. The average molecular weight is 240 g/mol. The molecule has 1 aliphatic rings. The molecule has 0 aromatic heterocycles. The van der Waals surface area contributed by atoms with E-state index in [2.05, 4.69) is 24.4 Å². The fraction of sp³-hybridized carbons (Fsp3) is 0.538. The van der Waals surface area contributed by atoms with Crippen molar-refractivity contribution in [1.29, 1.82) is 0 Å². The summed E-state index contributed by atoms with van der Waals surface area (Å²) in [5.74, 6) is 0. The number of halogens is 1. The molecule has 0 spiro atoms. The van der Waals surface area contributed by atoms with E-state index in [1.807, 2.05) is 12.1 Å². The first-order chi connectivity index (χ1) is 7.78. The van der Waals surface area contributed by atoms with Crippen LogP contribution in [0.4, 0.5) is 0 Å². The highest BCUT2D eigenvalue weighted by atomic mass is 35.5. The van der Waals surface area contributed by atoms with Crippen LogP contribution >= 0.6 is 11.6 Å². The number of ether oxygens (including phenoxy) is 1. The Hall–Kier alpha value is -0.570. The van der Waals surface area contributed by atoms with Gasteiger partial charge in [0.05, 0.1) is 6.10 Å². The van der Waals surface area contributed by atoms with Crippen LogP contribution in [0, 0.1) is 0 Å². The molecular weight excluding hydrogens is 222 g/mol. The highest BCUT2D eigenvalue weighted by Gasteiger charge is 2.28. The van der Waals surface area contributed by atoms with Crippen molar-refractivity contribution in [3.8, 4) is 0 Å². The summed E-state index contributed by atoms with van der Waals surface area (Å²) in [6.07, 6.45) is 2.76. The van der Waals surface area contributed by atoms with Crippen LogP contribution in [0.1, 0.15) is 25.3 Å². The lowest BCUT2D eigenvalue weighted by Gasteiger charge is -2.35. The molecule has 2 rings (SSSR count). The molecule has 1 saturated carbocycles. The Morgan fingerprint density at radius 1 is 1.31 bits per heavy atom. The summed E-state index contributed by atoms with van der Waals surface area (Å²) in [5.41, 5.74) is 1.28. The minimum atomic E-state index is 0.479. The molecule has 3 heteroatoms. The summed E-state index contributed by atoms with van der Waals surface area (Å²) in [6, 6.07) is 8.61. The van der Waals surface area contributed by atoms with Crippen molar-refractivity contribution in [2.45, 2.75) is 38.5 Å². The maximum absolute atomic E-state index is 5.83. The quantitative estimate of drug-likeness (QED) is 0.853. The van der Waals surface area contributed by atoms with Crippen molar-refractivity contribution in [1.82, 2.24) is 5.32 Å². The van der Waals surface area contributed by atoms with Crippen LogP contribution < -0.4 is 5.32 Å². The fourth-order valence-electron chi connectivity index (χ4n) is 1.97. The topological polar surface area (TPSA) is 21.3 Å². The molecule has 1 fully saturated rings. The Morgan fingerprint density at radius 2 is 2.00 bits per heavy atom. The van der Waals surface area contributed by atoms with Crippen LogP contribution in [-0.4, -0.2) is 18.8 Å². The van der Waals surface area contributed by atoms with Crippen molar-refractivity contribution >= 4 is 11.6 Å². The van der Waals surface area contributed by atoms with E-state index in [-0.39, 0.29) is 0 Å². The molecule has 16 heavy (non-hydrogen) atoms. The third-order valence-electron chi connectivity index (χ3n) is 3.01. The van der Waals surface area contributed by atoms with Gasteiger partial charge in [-0.15, -0.1) is 0 Å². The van der Waals surface area contributed by atoms with Gasteiger partial charge in [-0.25, -0.2) is 0 Å². The minimum Gasteiger partial charge on any atom is -0.378 e. The van der Waals surface area contributed by atoms with Gasteiger partial charge in [0.1, 0.15) is 0 Å². The number of nitrogens with one attached hydrogen (secondary N) is 1. The van der Waals surface area contributed by atoms with Crippen LogP contribution in [0.25, 0.3) is 0 Å². The highest BCUT2D eigenvalue weighted by molar-refractivity contribution is 6.30. The van der Waals surface area contributed by atoms with E-state index in [0.717, 1.165) is 31.0 Å². The number of rotatable bonds is 5. The first-order valence-electron chi connectivity index (χ1n) is 5.87. The van der Waals surface area contributed by atoms with Gasteiger partial charge in [0.15, 0.2) is 0 Å². The molecule has 0 radical (unpaired) electrons. The first-order valence-corrected chi connectivity index (χ1v) is 6.25. The van der Waals surface area contributed by atoms with Crippen molar-refractivity contribution in [2.75, 3.05) is 6.61 Å². The Kier molecular flexibility index (Phi) is 4.22. The van der Waals surface area contributed by atoms with Gasteiger partial charge >= 0.3 is 0 Å². The summed E-state index contributed by atoms with van der Waals surface area (Å²) >= 11 is 5.83. The highest BCUT2D eigenvalue weighted by Crippen LogP contribution is 2.23. The molecule has 2 nitrogen and oxygen atoms in total. The zero-order chi connectivity index (χ0) is 11.4. The molecule has 0 amide bonds. The molecule has 88 valence electrons. The van der Waals surface area contributed by atoms with Crippen LogP contribution in [0.3, 0.4) is 0 Å². The normalized spacial score (nSPS) is 24.1. The molecule has 0 unspecified atom stereocenters. The first kappa shape index (κ1) is 11.9. The predicted octanol–water partition coefficient (Wildman–Crippen LogP) is 3.00. The predicted molar refractivity (Wildman–Crippen MR) is 66.7 cm³/mol. The van der Waals surface area contributed by atoms with E-state index in [1.165, 1.54) is 5.56 Å². The van der Waals surface area contributed by atoms with E-state index < -0.39 is 0 Å². The fourth-order valence-corrected chi connectivity index (χ4v) is 2.09. The van der Waals surface area contributed by atoms with Gasteiger partial charge in [-0.2, -0.15) is 0 Å². The Bertz CT molecular complexity index is 319. The number of benzene rings is 1. The third kappa shape index (κ3) is 3.21. The lowest BCUT2D eigenvalue weighted by atomic mass is 9.89. The summed E-state index contributed by atoms with van der Waals surface area (Å²) in [5, 5.41) is 4.32. The molecule has 0 saturated heterocycles. The number of hydrogen-bond donors (Lipinski definition) is 1. The molecule has 0 heterocycles. The standard InChI is InChI=1S/C13H18ClNO/c1-2-16-13-7-12(8-13)15-9-10-3-5-11(14)6-4-10/h3-6,12-13,15H,2,7-9H2,1H3. The largest absolute Gasteiger partial charge is 0.378 e. The Balaban J connectivity index is 1.67. The van der Waals surface area contributed by atoms with Gasteiger partial charge in [0.2, 0.25) is 0 Å². The second-order valence-electron chi connectivity index (χ2n) is 4.25. The van der Waals surface area contributed by atoms with Crippen molar-refractivity contribution in [3.63, 3.8) is 0 Å². The molecule has 1 aromatic carbocycles. The number of hydrogen-bond acceptors (Lipinski definition) is 2. The van der Waals surface area contributed by atoms with E-state index >= 15 is 0 Å². The molecule has 0 atom stereocenters. The van der Waals surface area contributed by atoms with Crippen LogP contribution in [0.5, 0.6) is 0 Å². The van der Waals surface area contributed by atoms with Gasteiger partial charge in [-0.05, 0) is 37.5 Å². The van der Waals surface area contributed by atoms with E-state index in [0.29, 0.717) is 12.1 Å². The molecule has 0 bridgehead atoms. The Morgan fingerprint density at radius 3 is 2.62 bits per heavy atom. The lowest BCUT2D eigenvalue weighted by molar-refractivity contribution is -0.0102. The molecule has 0 aliphatic heterocycles. The summed E-state index contributed by atoms with van der Waals surface area (Å²) in [4.78, 5) is 0. The summed E-state index contributed by atoms with van der Waals surface area (Å²) in [6.45, 7) is 3.80. The molecule has 1 aromatic rings. The van der Waals surface area contributed by atoms with Crippen molar-refractivity contribution in [3.05, 3.63) is 34.9 Å². The zero-order valence-electron chi connectivity index (χ0n) is 9.58. The third-order valence-corrected chi connectivity index (χ3v) is 3.26. The lowest BCUT2D eigenvalue weighted by Crippen LogP contribution is -2.45. The second kappa shape index (κ2) is 5.67. The second-order valence-corrected chi connectivity index (χ2v) is 4.69. The molecule has 1 aliphatic carbocycles. The van der Waals surface area contributed by atoms with E-state index in [4.69, 9.17) is 16.3 Å². The van der Waals surface area contributed by atoms with Gasteiger partial charge in [-0.3, -0.25) is 0 Å². The smallest absolute Gasteiger partial charge is 0.0604 e.